The number of benzene rings is 1. The predicted molar refractivity (Wildman–Crippen MR) is 115 cm³/mol. The Labute approximate surface area is 193 Å². The van der Waals surface area contributed by atoms with Gasteiger partial charge >= 0.3 is 0 Å². The monoisotopic (exact) mass is 472 g/mol. The third-order valence-electron chi connectivity index (χ3n) is 6.11. The molecule has 2 aliphatic rings. The third kappa shape index (κ3) is 4.23. The SMILES string of the molecule is [C-]#[N+]c1ccc(N2CCC(OCc3c(-c4c(F)cccc4F)noc3C3CC3)C(F)(F)C2)nc1. The van der Waals surface area contributed by atoms with E-state index in [2.05, 4.69) is 15.0 Å². The maximum absolute atomic E-state index is 15.0. The first kappa shape index (κ1) is 22.3. The van der Waals surface area contributed by atoms with Gasteiger partial charge in [0.1, 0.15) is 35.0 Å². The van der Waals surface area contributed by atoms with Gasteiger partial charge in [-0.25, -0.2) is 22.4 Å². The van der Waals surface area contributed by atoms with Crippen molar-refractivity contribution in [2.45, 2.75) is 43.8 Å². The molecule has 34 heavy (non-hydrogen) atoms. The number of rotatable bonds is 6. The van der Waals surface area contributed by atoms with Gasteiger partial charge in [-0.15, -0.1) is 0 Å². The molecule has 0 spiro atoms. The molecule has 1 atom stereocenters. The van der Waals surface area contributed by atoms with Gasteiger partial charge in [0.25, 0.3) is 5.92 Å². The molecule has 1 saturated heterocycles. The van der Waals surface area contributed by atoms with Crippen LogP contribution in [-0.4, -0.2) is 35.3 Å². The highest BCUT2D eigenvalue weighted by Crippen LogP contribution is 2.45. The van der Waals surface area contributed by atoms with Gasteiger partial charge in [0.2, 0.25) is 5.69 Å². The lowest BCUT2D eigenvalue weighted by molar-refractivity contribution is -0.148. The first-order chi connectivity index (χ1) is 16.4. The van der Waals surface area contributed by atoms with E-state index in [1.54, 1.807) is 6.07 Å². The maximum Gasteiger partial charge on any atom is 0.290 e. The van der Waals surface area contributed by atoms with Crippen LogP contribution in [0, 0.1) is 18.2 Å². The summed E-state index contributed by atoms with van der Waals surface area (Å²) in [5, 5.41) is 3.88. The van der Waals surface area contributed by atoms with E-state index >= 15 is 0 Å². The van der Waals surface area contributed by atoms with Crippen molar-refractivity contribution in [2.24, 2.45) is 0 Å². The molecule has 3 aromatic rings. The van der Waals surface area contributed by atoms with E-state index in [4.69, 9.17) is 15.8 Å². The smallest absolute Gasteiger partial charge is 0.290 e. The molecule has 2 aromatic heterocycles. The van der Waals surface area contributed by atoms with Crippen molar-refractivity contribution in [1.82, 2.24) is 10.1 Å². The largest absolute Gasteiger partial charge is 0.367 e. The first-order valence-electron chi connectivity index (χ1n) is 10.9. The number of anilines is 1. The van der Waals surface area contributed by atoms with Crippen LogP contribution in [0.15, 0.2) is 41.1 Å². The number of pyridine rings is 1. The fraction of sp³-hybridized carbons (Fsp3) is 0.375. The lowest BCUT2D eigenvalue weighted by Crippen LogP contribution is -2.52. The fourth-order valence-corrected chi connectivity index (χ4v) is 4.18. The number of alkyl halides is 2. The summed E-state index contributed by atoms with van der Waals surface area (Å²) >= 11 is 0. The van der Waals surface area contributed by atoms with E-state index in [-0.39, 0.29) is 36.7 Å². The molecule has 0 bridgehead atoms. The van der Waals surface area contributed by atoms with Crippen LogP contribution in [-0.2, 0) is 11.3 Å². The second kappa shape index (κ2) is 8.72. The Balaban J connectivity index is 1.34. The van der Waals surface area contributed by atoms with E-state index < -0.39 is 30.2 Å². The normalized spacial score (nSPS) is 19.7. The van der Waals surface area contributed by atoms with Gasteiger partial charge in [-0.2, -0.15) is 0 Å². The van der Waals surface area contributed by atoms with Crippen molar-refractivity contribution in [3.05, 3.63) is 70.9 Å². The summed E-state index contributed by atoms with van der Waals surface area (Å²) in [6.45, 7) is 6.35. The molecule has 5 rings (SSSR count). The molecule has 0 amide bonds. The van der Waals surface area contributed by atoms with Crippen LogP contribution >= 0.6 is 0 Å². The van der Waals surface area contributed by atoms with Gasteiger partial charge in [-0.05, 0) is 37.5 Å². The van der Waals surface area contributed by atoms with E-state index in [0.717, 1.165) is 25.0 Å². The first-order valence-corrected chi connectivity index (χ1v) is 10.9. The Hall–Kier alpha value is -3.45. The van der Waals surface area contributed by atoms with Crippen molar-refractivity contribution in [3.63, 3.8) is 0 Å². The molecule has 0 radical (unpaired) electrons. The number of halogens is 4. The predicted octanol–water partition coefficient (Wildman–Crippen LogP) is 5.87. The topological polar surface area (TPSA) is 55.8 Å². The molecule has 1 aromatic carbocycles. The average Bonchev–Trinajstić information content (AvgIpc) is 3.58. The van der Waals surface area contributed by atoms with Gasteiger partial charge in [0.15, 0.2) is 0 Å². The quantitative estimate of drug-likeness (QED) is 0.332. The number of hydrogen-bond acceptors (Lipinski definition) is 5. The van der Waals surface area contributed by atoms with Gasteiger partial charge < -0.3 is 14.2 Å². The highest BCUT2D eigenvalue weighted by atomic mass is 19.3. The molecule has 2 fully saturated rings. The van der Waals surface area contributed by atoms with Crippen LogP contribution in [0.4, 0.5) is 29.1 Å². The van der Waals surface area contributed by atoms with Crippen molar-refractivity contribution in [1.29, 1.82) is 0 Å². The minimum Gasteiger partial charge on any atom is -0.367 e. The zero-order valence-corrected chi connectivity index (χ0v) is 18.0. The zero-order valence-electron chi connectivity index (χ0n) is 18.0. The van der Waals surface area contributed by atoms with Gasteiger partial charge in [0, 0.05) is 24.2 Å². The van der Waals surface area contributed by atoms with Crippen LogP contribution in [0.3, 0.4) is 0 Å². The average molecular weight is 472 g/mol. The Morgan fingerprint density at radius 3 is 2.53 bits per heavy atom. The van der Waals surface area contributed by atoms with Crippen molar-refractivity contribution in [2.75, 3.05) is 18.0 Å². The zero-order chi connectivity index (χ0) is 23.9. The lowest BCUT2D eigenvalue weighted by Gasteiger charge is -2.38. The summed E-state index contributed by atoms with van der Waals surface area (Å²) < 4.78 is 69.8. The van der Waals surface area contributed by atoms with E-state index in [9.17, 15) is 17.6 Å². The van der Waals surface area contributed by atoms with E-state index in [0.29, 0.717) is 22.8 Å². The minimum absolute atomic E-state index is 0.0205. The Bertz CT molecular complexity index is 1210. The number of hydrogen-bond donors (Lipinski definition) is 0. The lowest BCUT2D eigenvalue weighted by atomic mass is 10.0. The highest BCUT2D eigenvalue weighted by molar-refractivity contribution is 5.65. The number of nitrogens with zero attached hydrogens (tertiary/aromatic N) is 4. The standard InChI is InChI=1S/C24H20F4N4O2/c1-29-15-7-8-20(30-11-15)32-10-9-19(24(27,28)13-32)33-12-16-22(31-34-23(16)14-5-6-14)21-17(25)3-2-4-18(21)26/h2-4,7-8,11,14,19H,5-6,9-10,12-13H2. The molecule has 1 saturated carbocycles. The molecule has 1 aliphatic carbocycles. The number of piperidine rings is 1. The highest BCUT2D eigenvalue weighted by Gasteiger charge is 2.46. The van der Waals surface area contributed by atoms with Crippen molar-refractivity contribution in [3.8, 4) is 11.3 Å². The Morgan fingerprint density at radius 1 is 1.15 bits per heavy atom. The molecule has 3 heterocycles. The summed E-state index contributed by atoms with van der Waals surface area (Å²) in [5.74, 6) is -3.99. The van der Waals surface area contributed by atoms with Crippen LogP contribution in [0.5, 0.6) is 0 Å². The summed E-state index contributed by atoms with van der Waals surface area (Å²) in [4.78, 5) is 8.79. The molecular weight excluding hydrogens is 452 g/mol. The van der Waals surface area contributed by atoms with Crippen LogP contribution in [0.25, 0.3) is 16.1 Å². The summed E-state index contributed by atoms with van der Waals surface area (Å²) in [5.41, 5.74) is 0.228. The Kier molecular flexibility index (Phi) is 5.73. The third-order valence-corrected chi connectivity index (χ3v) is 6.11. The van der Waals surface area contributed by atoms with Gasteiger partial charge in [-0.3, -0.25) is 4.98 Å². The van der Waals surface area contributed by atoms with Crippen LogP contribution in [0.1, 0.15) is 36.5 Å². The minimum atomic E-state index is -3.20. The molecule has 6 nitrogen and oxygen atoms in total. The fourth-order valence-electron chi connectivity index (χ4n) is 4.18. The van der Waals surface area contributed by atoms with Crippen molar-refractivity contribution >= 4 is 11.5 Å². The Morgan fingerprint density at radius 2 is 1.91 bits per heavy atom. The molecular formula is C24H20F4N4O2. The molecule has 176 valence electrons. The summed E-state index contributed by atoms with van der Waals surface area (Å²) in [7, 11) is 0. The molecule has 10 heteroatoms. The van der Waals surface area contributed by atoms with E-state index in [1.807, 2.05) is 0 Å². The second-order valence-electron chi connectivity index (χ2n) is 8.50. The van der Waals surface area contributed by atoms with Crippen LogP contribution in [0.2, 0.25) is 0 Å². The summed E-state index contributed by atoms with van der Waals surface area (Å²) in [6.07, 6.45) is 1.63. The van der Waals surface area contributed by atoms with Crippen LogP contribution < -0.4 is 4.90 Å². The molecule has 0 N–H and O–H groups in total. The molecule has 1 aliphatic heterocycles. The van der Waals surface area contributed by atoms with E-state index in [1.165, 1.54) is 23.2 Å². The molecule has 1 unspecified atom stereocenters. The van der Waals surface area contributed by atoms with Crippen molar-refractivity contribution < 1.29 is 26.8 Å². The number of aromatic nitrogens is 2. The summed E-state index contributed by atoms with van der Waals surface area (Å²) in [6, 6.07) is 6.53. The van der Waals surface area contributed by atoms with Gasteiger partial charge in [-0.1, -0.05) is 17.3 Å². The number of ether oxygens (including phenoxy) is 1. The van der Waals surface area contributed by atoms with Gasteiger partial charge in [0.05, 0.1) is 25.3 Å². The maximum atomic E-state index is 15.0. The second-order valence-corrected chi connectivity index (χ2v) is 8.50.